The molecule has 2 N–H and O–H groups in total. The van der Waals surface area contributed by atoms with E-state index in [2.05, 4.69) is 17.8 Å². The molecule has 3 nitrogen and oxygen atoms in total. The lowest BCUT2D eigenvalue weighted by Gasteiger charge is -2.06. The highest BCUT2D eigenvalue weighted by Gasteiger charge is 2.23. The summed E-state index contributed by atoms with van der Waals surface area (Å²) < 4.78 is 5.48. The van der Waals surface area contributed by atoms with Gasteiger partial charge in [0.05, 0.1) is 13.2 Å². The summed E-state index contributed by atoms with van der Waals surface area (Å²) in [5.74, 6) is 6.30. The largest absolute Gasteiger partial charge is 0.493 e. The first-order valence-corrected chi connectivity index (χ1v) is 4.36. The third-order valence-corrected chi connectivity index (χ3v) is 2.34. The van der Waals surface area contributed by atoms with Gasteiger partial charge in [-0.25, -0.2) is 5.90 Å². The molecule has 1 heterocycles. The van der Waals surface area contributed by atoms with Crippen molar-refractivity contribution in [3.63, 3.8) is 0 Å². The van der Waals surface area contributed by atoms with Crippen LogP contribution >= 0.6 is 0 Å². The lowest BCUT2D eigenvalue weighted by atomic mass is 10.0. The zero-order chi connectivity index (χ0) is 9.26. The van der Waals surface area contributed by atoms with Crippen molar-refractivity contribution in [2.75, 3.05) is 13.2 Å². The van der Waals surface area contributed by atoms with Crippen LogP contribution in [-0.2, 0) is 4.84 Å². The normalized spacial score (nSPS) is 19.7. The van der Waals surface area contributed by atoms with E-state index in [-0.39, 0.29) is 0 Å². The molecule has 0 saturated heterocycles. The van der Waals surface area contributed by atoms with Crippen molar-refractivity contribution in [1.29, 1.82) is 0 Å². The Balaban J connectivity index is 2.29. The molecule has 0 fully saturated rings. The Morgan fingerprint density at radius 3 is 3.23 bits per heavy atom. The summed E-state index contributed by atoms with van der Waals surface area (Å²) >= 11 is 0. The average molecular weight is 179 g/mol. The van der Waals surface area contributed by atoms with Gasteiger partial charge in [0.1, 0.15) is 5.75 Å². The van der Waals surface area contributed by atoms with E-state index in [1.807, 2.05) is 12.1 Å². The lowest BCUT2D eigenvalue weighted by molar-refractivity contribution is 0.115. The van der Waals surface area contributed by atoms with Gasteiger partial charge >= 0.3 is 0 Å². The number of benzene rings is 1. The first-order valence-electron chi connectivity index (χ1n) is 4.36. The van der Waals surface area contributed by atoms with Gasteiger partial charge in [0.15, 0.2) is 0 Å². The summed E-state index contributed by atoms with van der Waals surface area (Å²) in [5.41, 5.74) is 2.46. The van der Waals surface area contributed by atoms with Gasteiger partial charge in [-0.2, -0.15) is 0 Å². The fourth-order valence-electron chi connectivity index (χ4n) is 1.65. The Labute approximate surface area is 77.4 Å². The van der Waals surface area contributed by atoms with E-state index in [0.717, 1.165) is 5.75 Å². The first-order chi connectivity index (χ1) is 6.31. The highest BCUT2D eigenvalue weighted by atomic mass is 16.6. The van der Waals surface area contributed by atoms with Crippen LogP contribution in [0.5, 0.6) is 5.75 Å². The van der Waals surface area contributed by atoms with Gasteiger partial charge in [-0.3, -0.25) is 0 Å². The van der Waals surface area contributed by atoms with Crippen LogP contribution in [0.4, 0.5) is 0 Å². The fraction of sp³-hybridized carbons (Fsp3) is 0.400. The van der Waals surface area contributed by atoms with E-state index in [9.17, 15) is 0 Å². The van der Waals surface area contributed by atoms with Crippen molar-refractivity contribution in [2.24, 2.45) is 5.90 Å². The van der Waals surface area contributed by atoms with Gasteiger partial charge in [-0.1, -0.05) is 17.7 Å². The average Bonchev–Trinajstić information content (AvgIpc) is 2.49. The van der Waals surface area contributed by atoms with E-state index >= 15 is 0 Å². The predicted octanol–water partition coefficient (Wildman–Crippen LogP) is 1.36. The fourth-order valence-corrected chi connectivity index (χ4v) is 1.65. The molecule has 1 atom stereocenters. The molecule has 0 aromatic heterocycles. The third kappa shape index (κ3) is 1.53. The van der Waals surface area contributed by atoms with E-state index in [1.54, 1.807) is 0 Å². The van der Waals surface area contributed by atoms with Crippen LogP contribution in [-0.4, -0.2) is 13.2 Å². The summed E-state index contributed by atoms with van der Waals surface area (Å²) in [6.45, 7) is 3.27. The number of aryl methyl sites for hydroxylation is 1. The van der Waals surface area contributed by atoms with Crippen molar-refractivity contribution in [3.05, 3.63) is 29.3 Å². The molecule has 0 amide bonds. The third-order valence-electron chi connectivity index (χ3n) is 2.34. The summed E-state index contributed by atoms with van der Waals surface area (Å²) in [6.07, 6.45) is 0. The van der Waals surface area contributed by atoms with Crippen molar-refractivity contribution in [3.8, 4) is 5.75 Å². The van der Waals surface area contributed by atoms with E-state index in [0.29, 0.717) is 19.1 Å². The van der Waals surface area contributed by atoms with Crippen LogP contribution in [0.15, 0.2) is 18.2 Å². The topological polar surface area (TPSA) is 44.5 Å². The van der Waals surface area contributed by atoms with Crippen LogP contribution in [0.2, 0.25) is 0 Å². The van der Waals surface area contributed by atoms with Crippen LogP contribution in [0.1, 0.15) is 17.0 Å². The van der Waals surface area contributed by atoms with Crippen molar-refractivity contribution in [2.45, 2.75) is 12.8 Å². The van der Waals surface area contributed by atoms with Crippen LogP contribution < -0.4 is 10.6 Å². The molecule has 0 radical (unpaired) electrons. The monoisotopic (exact) mass is 179 g/mol. The van der Waals surface area contributed by atoms with Crippen LogP contribution in [0.3, 0.4) is 0 Å². The minimum atomic E-state index is 0.292. The summed E-state index contributed by atoms with van der Waals surface area (Å²) in [6, 6.07) is 6.18. The summed E-state index contributed by atoms with van der Waals surface area (Å²) in [5, 5.41) is 0. The maximum absolute atomic E-state index is 5.48. The SMILES string of the molecule is Cc1ccc2c(c1)C(CON)CO2. The lowest BCUT2D eigenvalue weighted by Crippen LogP contribution is -2.12. The molecule has 1 aromatic rings. The highest BCUT2D eigenvalue weighted by molar-refractivity contribution is 5.42. The number of rotatable bonds is 2. The second-order valence-corrected chi connectivity index (χ2v) is 3.38. The molecule has 3 heteroatoms. The van der Waals surface area contributed by atoms with Gasteiger partial charge in [0.2, 0.25) is 0 Å². The number of hydrogen-bond donors (Lipinski definition) is 1. The van der Waals surface area contributed by atoms with E-state index < -0.39 is 0 Å². The Hall–Kier alpha value is -1.06. The molecule has 0 bridgehead atoms. The predicted molar refractivity (Wildman–Crippen MR) is 49.6 cm³/mol. The molecule has 0 aliphatic carbocycles. The van der Waals surface area contributed by atoms with Gasteiger partial charge in [0.25, 0.3) is 0 Å². The Kier molecular flexibility index (Phi) is 2.20. The van der Waals surface area contributed by atoms with E-state index in [4.69, 9.17) is 10.6 Å². The zero-order valence-electron chi connectivity index (χ0n) is 7.62. The second-order valence-electron chi connectivity index (χ2n) is 3.38. The Morgan fingerprint density at radius 1 is 1.62 bits per heavy atom. The van der Waals surface area contributed by atoms with Gasteiger partial charge in [-0.05, 0) is 13.0 Å². The summed E-state index contributed by atoms with van der Waals surface area (Å²) in [7, 11) is 0. The second kappa shape index (κ2) is 3.36. The Morgan fingerprint density at radius 2 is 2.46 bits per heavy atom. The smallest absolute Gasteiger partial charge is 0.123 e. The Bertz CT molecular complexity index is 310. The molecular weight excluding hydrogens is 166 g/mol. The van der Waals surface area contributed by atoms with Crippen LogP contribution in [0, 0.1) is 6.92 Å². The van der Waals surface area contributed by atoms with Gasteiger partial charge < -0.3 is 9.57 Å². The molecule has 0 saturated carbocycles. The van der Waals surface area contributed by atoms with Crippen molar-refractivity contribution < 1.29 is 9.57 Å². The van der Waals surface area contributed by atoms with Gasteiger partial charge in [-0.15, -0.1) is 0 Å². The maximum Gasteiger partial charge on any atom is 0.123 e. The molecule has 1 aliphatic heterocycles. The molecule has 1 aliphatic rings. The molecule has 1 unspecified atom stereocenters. The number of hydrogen-bond acceptors (Lipinski definition) is 3. The minimum Gasteiger partial charge on any atom is -0.493 e. The summed E-state index contributed by atoms with van der Waals surface area (Å²) in [4.78, 5) is 4.64. The van der Waals surface area contributed by atoms with Crippen LogP contribution in [0.25, 0.3) is 0 Å². The van der Waals surface area contributed by atoms with Gasteiger partial charge in [0, 0.05) is 11.5 Å². The number of fused-ring (bicyclic) bond motifs is 1. The minimum absolute atomic E-state index is 0.292. The number of nitrogens with two attached hydrogens (primary N) is 1. The van der Waals surface area contributed by atoms with E-state index in [1.165, 1.54) is 11.1 Å². The molecule has 2 rings (SSSR count). The highest BCUT2D eigenvalue weighted by Crippen LogP contribution is 2.34. The van der Waals surface area contributed by atoms with Crippen molar-refractivity contribution in [1.82, 2.24) is 0 Å². The maximum atomic E-state index is 5.48. The standard InChI is InChI=1S/C10H13NO2/c1-7-2-3-10-9(4-7)8(5-12-10)6-13-11/h2-4,8H,5-6,11H2,1H3. The first kappa shape index (κ1) is 8.53. The molecule has 0 spiro atoms. The molecule has 13 heavy (non-hydrogen) atoms. The zero-order valence-corrected chi connectivity index (χ0v) is 7.62. The molecule has 70 valence electrons. The number of ether oxygens (including phenoxy) is 1. The van der Waals surface area contributed by atoms with Crippen molar-refractivity contribution >= 4 is 0 Å². The quantitative estimate of drug-likeness (QED) is 0.697. The molecular formula is C10H13NO2. The molecule has 1 aromatic carbocycles.